The molecule has 0 radical (unpaired) electrons. The van der Waals surface area contributed by atoms with Crippen molar-refractivity contribution in [3.63, 3.8) is 0 Å². The van der Waals surface area contributed by atoms with Crippen molar-refractivity contribution in [2.24, 2.45) is 5.92 Å². The highest BCUT2D eigenvalue weighted by molar-refractivity contribution is 5.35. The van der Waals surface area contributed by atoms with Crippen LogP contribution in [0.15, 0.2) is 0 Å². The molecule has 2 heterocycles. The topological polar surface area (TPSA) is 60.0 Å². The Morgan fingerprint density at radius 3 is 2.59 bits per heavy atom. The van der Waals surface area contributed by atoms with Gasteiger partial charge in [0.2, 0.25) is 11.9 Å². The van der Waals surface area contributed by atoms with E-state index in [1.54, 1.807) is 0 Å². The van der Waals surface area contributed by atoms with E-state index in [4.69, 9.17) is 5.73 Å². The predicted octanol–water partition coefficient (Wildman–Crippen LogP) is 1.90. The van der Waals surface area contributed by atoms with Crippen LogP contribution in [-0.2, 0) is 6.54 Å². The number of nitrogens with two attached hydrogens (primary N) is 1. The Labute approximate surface area is 103 Å². The van der Waals surface area contributed by atoms with Gasteiger partial charge in [-0.25, -0.2) is 4.68 Å². The maximum Gasteiger partial charge on any atom is 0.246 e. The average molecular weight is 237 g/mol. The van der Waals surface area contributed by atoms with Crippen LogP contribution in [0.25, 0.3) is 0 Å². The van der Waals surface area contributed by atoms with Crippen molar-refractivity contribution in [3.8, 4) is 0 Å². The van der Waals surface area contributed by atoms with Crippen LogP contribution in [-0.4, -0.2) is 27.9 Å². The van der Waals surface area contributed by atoms with Crippen molar-refractivity contribution in [1.82, 2.24) is 14.8 Å². The van der Waals surface area contributed by atoms with E-state index in [1.165, 1.54) is 19.3 Å². The second-order valence-electron chi connectivity index (χ2n) is 5.22. The summed E-state index contributed by atoms with van der Waals surface area (Å²) in [5.41, 5.74) is 5.90. The molecule has 0 spiro atoms. The molecule has 2 N–H and O–H groups in total. The van der Waals surface area contributed by atoms with E-state index in [0.29, 0.717) is 11.9 Å². The van der Waals surface area contributed by atoms with Gasteiger partial charge in [-0.05, 0) is 31.6 Å². The maximum atomic E-state index is 5.90. The van der Waals surface area contributed by atoms with Crippen molar-refractivity contribution in [1.29, 1.82) is 0 Å². The number of rotatable bonds is 4. The van der Waals surface area contributed by atoms with E-state index in [-0.39, 0.29) is 0 Å². The molecule has 1 aliphatic rings. The lowest BCUT2D eigenvalue weighted by atomic mass is 10.1. The number of piperidine rings is 1. The van der Waals surface area contributed by atoms with E-state index < -0.39 is 0 Å². The zero-order chi connectivity index (χ0) is 12.3. The third-order valence-corrected chi connectivity index (χ3v) is 3.25. The lowest BCUT2D eigenvalue weighted by Gasteiger charge is -2.24. The zero-order valence-electron chi connectivity index (χ0n) is 10.9. The van der Waals surface area contributed by atoms with Gasteiger partial charge in [-0.3, -0.25) is 0 Å². The molecule has 0 unspecified atom stereocenters. The summed E-state index contributed by atoms with van der Waals surface area (Å²) in [6.45, 7) is 7.41. The predicted molar refractivity (Wildman–Crippen MR) is 70.0 cm³/mol. The smallest absolute Gasteiger partial charge is 0.246 e. The molecule has 1 aromatic heterocycles. The Bertz CT molecular complexity index is 352. The van der Waals surface area contributed by atoms with Gasteiger partial charge in [0, 0.05) is 19.6 Å². The van der Waals surface area contributed by atoms with Gasteiger partial charge in [-0.1, -0.05) is 13.8 Å². The largest absolute Gasteiger partial charge is 0.368 e. The normalized spacial score (nSPS) is 16.8. The molecule has 0 amide bonds. The van der Waals surface area contributed by atoms with Crippen LogP contribution in [0.4, 0.5) is 11.9 Å². The van der Waals surface area contributed by atoms with Gasteiger partial charge in [-0.15, -0.1) is 5.10 Å². The first-order chi connectivity index (χ1) is 8.16. The molecule has 5 heteroatoms. The molecule has 96 valence electrons. The van der Waals surface area contributed by atoms with Gasteiger partial charge in [0.1, 0.15) is 0 Å². The minimum Gasteiger partial charge on any atom is -0.368 e. The van der Waals surface area contributed by atoms with Crippen molar-refractivity contribution in [3.05, 3.63) is 0 Å². The Hall–Kier alpha value is -1.26. The highest BCUT2D eigenvalue weighted by atomic mass is 15.4. The summed E-state index contributed by atoms with van der Waals surface area (Å²) in [6.07, 6.45) is 4.88. The van der Waals surface area contributed by atoms with E-state index in [2.05, 4.69) is 28.8 Å². The van der Waals surface area contributed by atoms with Crippen molar-refractivity contribution < 1.29 is 0 Å². The minimum atomic E-state index is 0.547. The van der Waals surface area contributed by atoms with Gasteiger partial charge >= 0.3 is 0 Å². The van der Waals surface area contributed by atoms with E-state index in [0.717, 1.165) is 32.0 Å². The summed E-state index contributed by atoms with van der Waals surface area (Å²) >= 11 is 0. The zero-order valence-corrected chi connectivity index (χ0v) is 10.9. The first-order valence-corrected chi connectivity index (χ1v) is 6.62. The van der Waals surface area contributed by atoms with Gasteiger partial charge < -0.3 is 10.6 Å². The molecule has 0 atom stereocenters. The fourth-order valence-electron chi connectivity index (χ4n) is 2.11. The van der Waals surface area contributed by atoms with Crippen LogP contribution >= 0.6 is 0 Å². The van der Waals surface area contributed by atoms with E-state index in [1.807, 2.05) is 4.68 Å². The molecule has 0 aromatic carbocycles. The molecule has 0 bridgehead atoms. The summed E-state index contributed by atoms with van der Waals surface area (Å²) in [5, 5.41) is 4.51. The molecule has 1 saturated heterocycles. The lowest BCUT2D eigenvalue weighted by molar-refractivity contribution is 0.488. The second-order valence-corrected chi connectivity index (χ2v) is 5.22. The molecule has 5 nitrogen and oxygen atoms in total. The number of nitrogens with zero attached hydrogens (tertiary/aromatic N) is 4. The van der Waals surface area contributed by atoms with Crippen LogP contribution in [0.5, 0.6) is 0 Å². The third kappa shape index (κ3) is 3.11. The lowest BCUT2D eigenvalue weighted by Crippen LogP contribution is -2.30. The summed E-state index contributed by atoms with van der Waals surface area (Å²) in [4.78, 5) is 6.61. The Balaban J connectivity index is 2.01. The quantitative estimate of drug-likeness (QED) is 0.869. The van der Waals surface area contributed by atoms with Crippen LogP contribution in [0.2, 0.25) is 0 Å². The first-order valence-electron chi connectivity index (χ1n) is 6.62. The molecule has 0 saturated carbocycles. The van der Waals surface area contributed by atoms with Crippen LogP contribution in [0, 0.1) is 5.92 Å². The highest BCUT2D eigenvalue weighted by Gasteiger charge is 2.16. The summed E-state index contributed by atoms with van der Waals surface area (Å²) in [6, 6.07) is 0. The third-order valence-electron chi connectivity index (χ3n) is 3.25. The van der Waals surface area contributed by atoms with E-state index >= 15 is 0 Å². The van der Waals surface area contributed by atoms with Crippen molar-refractivity contribution in [2.45, 2.75) is 46.1 Å². The van der Waals surface area contributed by atoms with Crippen LogP contribution in [0.1, 0.15) is 39.5 Å². The highest BCUT2D eigenvalue weighted by Crippen LogP contribution is 2.17. The number of nitrogen functional groups attached to an aromatic ring is 1. The molecular formula is C12H23N5. The molecule has 1 aromatic rings. The average Bonchev–Trinajstić information content (AvgIpc) is 2.69. The standard InChI is InChI=1S/C12H23N5/c1-10(2)6-9-17-11(13)14-12(15-17)16-7-4-3-5-8-16/h10H,3-9H2,1-2H3,(H2,13,14,15). The molecular weight excluding hydrogens is 214 g/mol. The number of hydrogen-bond donors (Lipinski definition) is 1. The minimum absolute atomic E-state index is 0.547. The van der Waals surface area contributed by atoms with E-state index in [9.17, 15) is 0 Å². The van der Waals surface area contributed by atoms with Gasteiger partial charge in [-0.2, -0.15) is 4.98 Å². The van der Waals surface area contributed by atoms with Gasteiger partial charge in [0.05, 0.1) is 0 Å². The van der Waals surface area contributed by atoms with Crippen molar-refractivity contribution in [2.75, 3.05) is 23.7 Å². The second kappa shape index (κ2) is 5.38. The summed E-state index contributed by atoms with van der Waals surface area (Å²) < 4.78 is 1.84. The molecule has 17 heavy (non-hydrogen) atoms. The molecule has 0 aliphatic carbocycles. The summed E-state index contributed by atoms with van der Waals surface area (Å²) in [7, 11) is 0. The van der Waals surface area contributed by atoms with Gasteiger partial charge in [0.15, 0.2) is 0 Å². The fraction of sp³-hybridized carbons (Fsp3) is 0.833. The molecule has 1 fully saturated rings. The number of hydrogen-bond acceptors (Lipinski definition) is 4. The Morgan fingerprint density at radius 2 is 1.94 bits per heavy atom. The Morgan fingerprint density at radius 1 is 1.24 bits per heavy atom. The summed E-state index contributed by atoms with van der Waals surface area (Å²) in [5.74, 6) is 2.02. The molecule has 2 rings (SSSR count). The Kier molecular flexibility index (Phi) is 3.86. The number of aromatic nitrogens is 3. The van der Waals surface area contributed by atoms with Crippen molar-refractivity contribution >= 4 is 11.9 Å². The monoisotopic (exact) mass is 237 g/mol. The van der Waals surface area contributed by atoms with Crippen LogP contribution in [0.3, 0.4) is 0 Å². The van der Waals surface area contributed by atoms with Crippen LogP contribution < -0.4 is 10.6 Å². The molecule has 1 aliphatic heterocycles. The SMILES string of the molecule is CC(C)CCn1nc(N2CCCCC2)nc1N. The fourth-order valence-corrected chi connectivity index (χ4v) is 2.11. The number of aryl methyl sites for hydroxylation is 1. The first kappa shape index (κ1) is 12.2. The number of anilines is 2. The van der Waals surface area contributed by atoms with Gasteiger partial charge in [0.25, 0.3) is 0 Å². The maximum absolute atomic E-state index is 5.90.